The fourth-order valence-electron chi connectivity index (χ4n) is 0.507. The monoisotopic (exact) mass is 226 g/mol. The molecule has 0 atom stereocenters. The Kier molecular flexibility index (Phi) is 10.9. The van der Waals surface area contributed by atoms with Crippen LogP contribution in [0.15, 0.2) is 49.1 Å². The van der Waals surface area contributed by atoms with Gasteiger partial charge in [0.2, 0.25) is 0 Å². The second-order valence-corrected chi connectivity index (χ2v) is 1.83. The van der Waals surface area contributed by atoms with Crippen molar-refractivity contribution in [2.75, 3.05) is 0 Å². The molecule has 0 N–H and O–H groups in total. The smallest absolute Gasteiger partial charge is 0.0496 e. The molecule has 0 aliphatic rings. The summed E-state index contributed by atoms with van der Waals surface area (Å²) < 4.78 is 0. The Bertz CT molecular complexity index is 195. The summed E-state index contributed by atoms with van der Waals surface area (Å²) in [6, 6.07) is 7.31. The molecule has 0 amide bonds. The van der Waals surface area contributed by atoms with E-state index in [1.807, 2.05) is 24.3 Å². The molecule has 4 nitrogen and oxygen atoms in total. The van der Waals surface area contributed by atoms with E-state index in [4.69, 9.17) is 0 Å². The summed E-state index contributed by atoms with van der Waals surface area (Å²) in [7, 11) is 0. The Morgan fingerprint density at radius 1 is 0.500 bits per heavy atom. The van der Waals surface area contributed by atoms with Gasteiger partial charge in [0.05, 0.1) is 0 Å². The number of thiol groups is 2. The number of hydrogen-bond donors (Lipinski definition) is 2. The lowest BCUT2D eigenvalue weighted by Gasteiger charge is -1.69. The number of rotatable bonds is 0. The molecule has 0 aromatic carbocycles. The highest BCUT2D eigenvalue weighted by atomic mass is 33.1. The Morgan fingerprint density at radius 3 is 0.786 bits per heavy atom. The highest BCUT2D eigenvalue weighted by Gasteiger charge is 1.60. The molecule has 0 saturated heterocycles. The van der Waals surface area contributed by atoms with E-state index >= 15 is 0 Å². The van der Waals surface area contributed by atoms with Crippen molar-refractivity contribution in [3.8, 4) is 0 Å². The summed E-state index contributed by atoms with van der Waals surface area (Å²) in [4.78, 5) is 0. The van der Waals surface area contributed by atoms with E-state index < -0.39 is 0 Å². The van der Waals surface area contributed by atoms with Gasteiger partial charge >= 0.3 is 0 Å². The molecule has 0 spiro atoms. The summed E-state index contributed by atoms with van der Waals surface area (Å²) in [6.45, 7) is 0. The van der Waals surface area contributed by atoms with Gasteiger partial charge in [0, 0.05) is 24.8 Å². The lowest BCUT2D eigenvalue weighted by atomic mass is 10.6. The minimum atomic E-state index is 1.64. The zero-order valence-corrected chi connectivity index (χ0v) is 9.09. The van der Waals surface area contributed by atoms with Gasteiger partial charge < -0.3 is 0 Å². The van der Waals surface area contributed by atoms with Gasteiger partial charge in [-0.25, -0.2) is 0 Å². The van der Waals surface area contributed by atoms with Crippen molar-refractivity contribution < 1.29 is 0 Å². The number of hydrogen-bond acceptors (Lipinski definition) is 6. The molecule has 2 heterocycles. The molecule has 0 bridgehead atoms. The van der Waals surface area contributed by atoms with Crippen LogP contribution in [-0.2, 0) is 0 Å². The van der Waals surface area contributed by atoms with Crippen molar-refractivity contribution >= 4 is 23.3 Å². The Hall–Kier alpha value is -1.14. The van der Waals surface area contributed by atoms with Crippen LogP contribution >= 0.6 is 23.3 Å². The molecule has 0 aliphatic carbocycles. The van der Waals surface area contributed by atoms with Crippen molar-refractivity contribution in [1.82, 2.24) is 20.4 Å². The molecule has 2 aromatic heterocycles. The molecule has 2 aromatic rings. The van der Waals surface area contributed by atoms with Crippen molar-refractivity contribution in [2.24, 2.45) is 0 Å². The largest absolute Gasteiger partial charge is 0.159 e. The highest BCUT2D eigenvalue weighted by Crippen LogP contribution is 1.68. The van der Waals surface area contributed by atoms with Gasteiger partial charge in [-0.1, -0.05) is 0 Å². The molecule has 0 unspecified atom stereocenters. The summed E-state index contributed by atoms with van der Waals surface area (Å²) in [6.07, 6.45) is 6.56. The first kappa shape index (κ1) is 12.9. The maximum absolute atomic E-state index is 3.53. The minimum absolute atomic E-state index is 1.64. The Morgan fingerprint density at radius 2 is 0.714 bits per heavy atom. The van der Waals surface area contributed by atoms with E-state index in [1.54, 1.807) is 24.8 Å². The maximum Gasteiger partial charge on any atom is 0.0496 e. The quantitative estimate of drug-likeness (QED) is 0.530. The first-order chi connectivity index (χ1) is 7.00. The molecule has 14 heavy (non-hydrogen) atoms. The third-order valence-electron chi connectivity index (χ3n) is 0.966. The molecule has 6 heteroatoms. The normalized spacial score (nSPS) is 7.29. The van der Waals surface area contributed by atoms with Gasteiger partial charge in [-0.3, -0.25) is 0 Å². The predicted octanol–water partition coefficient (Wildman–Crippen LogP) is 1.71. The fraction of sp³-hybridized carbons (Fsp3) is 0. The van der Waals surface area contributed by atoms with Crippen LogP contribution < -0.4 is 0 Å². The van der Waals surface area contributed by atoms with Gasteiger partial charge in [-0.05, 0) is 24.3 Å². The van der Waals surface area contributed by atoms with Gasteiger partial charge in [-0.15, -0.1) is 23.3 Å². The van der Waals surface area contributed by atoms with E-state index in [1.165, 1.54) is 0 Å². The van der Waals surface area contributed by atoms with Crippen LogP contribution in [0, 0.1) is 0 Å². The van der Waals surface area contributed by atoms with Crippen LogP contribution in [0.2, 0.25) is 0 Å². The molecule has 0 aliphatic heterocycles. The van der Waals surface area contributed by atoms with Gasteiger partial charge in [-0.2, -0.15) is 20.4 Å². The fourth-order valence-corrected chi connectivity index (χ4v) is 0.507. The molecular weight excluding hydrogens is 216 g/mol. The van der Waals surface area contributed by atoms with Crippen LogP contribution in [0.1, 0.15) is 0 Å². The van der Waals surface area contributed by atoms with Crippen LogP contribution in [0.4, 0.5) is 0 Å². The number of nitrogens with zero attached hydrogens (tertiary/aromatic N) is 4. The second kappa shape index (κ2) is 11.9. The predicted molar refractivity (Wildman–Crippen MR) is 62.0 cm³/mol. The minimum Gasteiger partial charge on any atom is -0.159 e. The van der Waals surface area contributed by atoms with E-state index in [0.717, 1.165) is 0 Å². The third-order valence-corrected chi connectivity index (χ3v) is 0.966. The summed E-state index contributed by atoms with van der Waals surface area (Å²) in [5.41, 5.74) is 0. The van der Waals surface area contributed by atoms with E-state index in [0.29, 0.717) is 0 Å². The first-order valence-corrected chi connectivity index (χ1v) is 5.23. The highest BCUT2D eigenvalue weighted by molar-refractivity contribution is 8.59. The Labute approximate surface area is 93.0 Å². The average Bonchev–Trinajstić information content (AvgIpc) is 2.37. The third kappa shape index (κ3) is 8.95. The van der Waals surface area contributed by atoms with E-state index in [-0.39, 0.29) is 0 Å². The van der Waals surface area contributed by atoms with Crippen LogP contribution in [0.5, 0.6) is 0 Å². The molecule has 2 rings (SSSR count). The van der Waals surface area contributed by atoms with Crippen molar-refractivity contribution in [3.05, 3.63) is 49.1 Å². The van der Waals surface area contributed by atoms with Crippen molar-refractivity contribution in [2.45, 2.75) is 0 Å². The first-order valence-electron chi connectivity index (χ1n) is 3.63. The topological polar surface area (TPSA) is 51.6 Å². The maximum atomic E-state index is 3.53. The van der Waals surface area contributed by atoms with Crippen molar-refractivity contribution in [3.63, 3.8) is 0 Å². The standard InChI is InChI=1S/2C4H4N2.H2S2/c2*1-2-4-6-5-3-1;1-2/h2*1-4H;1-2H. The SMILES string of the molecule is SS.c1ccnnc1.c1ccnnc1. The zero-order valence-electron chi connectivity index (χ0n) is 7.30. The van der Waals surface area contributed by atoms with E-state index in [9.17, 15) is 0 Å². The molecule has 0 saturated carbocycles. The van der Waals surface area contributed by atoms with Crippen LogP contribution in [0.3, 0.4) is 0 Å². The summed E-state index contributed by atoms with van der Waals surface area (Å²) >= 11 is 6.44. The second-order valence-electron chi connectivity index (χ2n) is 1.83. The lowest BCUT2D eigenvalue weighted by Crippen LogP contribution is -1.69. The average molecular weight is 226 g/mol. The van der Waals surface area contributed by atoms with E-state index in [2.05, 4.69) is 43.7 Å². The summed E-state index contributed by atoms with van der Waals surface area (Å²) in [5, 5.41) is 14.1. The molecule has 74 valence electrons. The van der Waals surface area contributed by atoms with Gasteiger partial charge in [0.15, 0.2) is 0 Å². The number of aromatic nitrogens is 4. The van der Waals surface area contributed by atoms with Gasteiger partial charge in [0.25, 0.3) is 0 Å². The van der Waals surface area contributed by atoms with Crippen molar-refractivity contribution in [1.29, 1.82) is 0 Å². The van der Waals surface area contributed by atoms with Crippen LogP contribution in [-0.4, -0.2) is 20.4 Å². The molecule has 0 radical (unpaired) electrons. The zero-order chi connectivity index (χ0) is 10.5. The lowest BCUT2D eigenvalue weighted by molar-refractivity contribution is 1.03. The summed E-state index contributed by atoms with van der Waals surface area (Å²) in [5.74, 6) is 0. The van der Waals surface area contributed by atoms with Gasteiger partial charge in [0.1, 0.15) is 0 Å². The molecule has 0 fully saturated rings. The Balaban J connectivity index is 0.000000206. The molecular formula is C8H10N4S2. The van der Waals surface area contributed by atoms with Crippen LogP contribution in [0.25, 0.3) is 0 Å².